The summed E-state index contributed by atoms with van der Waals surface area (Å²) in [6.07, 6.45) is -10.3. The van der Waals surface area contributed by atoms with Crippen LogP contribution in [-0.2, 0) is 12.4 Å². The molecular formula is C13H9ClF7NS. The highest BCUT2D eigenvalue weighted by atomic mass is 35.5. The molecule has 0 saturated carbocycles. The zero-order valence-electron chi connectivity index (χ0n) is 11.0. The third-order valence-corrected chi connectivity index (χ3v) is 3.68. The van der Waals surface area contributed by atoms with Crippen LogP contribution in [0.3, 0.4) is 0 Å². The van der Waals surface area contributed by atoms with Gasteiger partial charge in [0.15, 0.2) is 0 Å². The molecule has 0 spiro atoms. The van der Waals surface area contributed by atoms with E-state index < -0.39 is 40.9 Å². The number of benzene rings is 1. The Labute approximate surface area is 136 Å². The van der Waals surface area contributed by atoms with Gasteiger partial charge in [-0.1, -0.05) is 0 Å². The van der Waals surface area contributed by atoms with Crippen molar-refractivity contribution < 1.29 is 30.7 Å². The highest BCUT2D eigenvalue weighted by Crippen LogP contribution is 2.41. The second-order valence-corrected chi connectivity index (χ2v) is 5.23. The van der Waals surface area contributed by atoms with Gasteiger partial charge in [0.1, 0.15) is 5.82 Å². The van der Waals surface area contributed by atoms with Gasteiger partial charge < -0.3 is 5.73 Å². The summed E-state index contributed by atoms with van der Waals surface area (Å²) in [5.74, 6) is -1.64. The Morgan fingerprint density at radius 3 is 2.04 bits per heavy atom. The standard InChI is InChI=1S/C13H8F7NS.ClH/c14-9-4-7(12(15,16)17)3-8(13(18,19)20)10(9)11(21)6-1-2-22-5-6;/h1-5,11H,21H2;1H/t11-;/m1./s1. The van der Waals surface area contributed by atoms with Crippen molar-refractivity contribution in [2.24, 2.45) is 5.73 Å². The van der Waals surface area contributed by atoms with Gasteiger partial charge in [0.05, 0.1) is 17.2 Å². The van der Waals surface area contributed by atoms with E-state index in [0.29, 0.717) is 0 Å². The van der Waals surface area contributed by atoms with Crippen LogP contribution < -0.4 is 5.73 Å². The SMILES string of the molecule is Cl.N[C@H](c1ccsc1)c1c(F)cc(C(F)(F)F)cc1C(F)(F)F. The molecule has 0 aliphatic carbocycles. The molecule has 10 heteroatoms. The number of thiophene rings is 1. The smallest absolute Gasteiger partial charge is 0.320 e. The van der Waals surface area contributed by atoms with E-state index in [1.165, 1.54) is 16.8 Å². The molecule has 1 aromatic heterocycles. The summed E-state index contributed by atoms with van der Waals surface area (Å²) in [5, 5.41) is 2.92. The molecule has 1 atom stereocenters. The first-order valence-electron chi connectivity index (χ1n) is 5.77. The Kier molecular flexibility index (Phi) is 5.71. The zero-order valence-corrected chi connectivity index (χ0v) is 12.6. The van der Waals surface area contributed by atoms with E-state index >= 15 is 0 Å². The van der Waals surface area contributed by atoms with Crippen molar-refractivity contribution in [2.45, 2.75) is 18.4 Å². The van der Waals surface area contributed by atoms with Gasteiger partial charge in [-0.2, -0.15) is 37.7 Å². The molecular weight excluding hydrogens is 371 g/mol. The summed E-state index contributed by atoms with van der Waals surface area (Å²) in [6.45, 7) is 0. The van der Waals surface area contributed by atoms with Crippen molar-refractivity contribution in [1.82, 2.24) is 0 Å². The van der Waals surface area contributed by atoms with E-state index in [0.717, 1.165) is 11.3 Å². The second kappa shape index (κ2) is 6.66. The first-order chi connectivity index (χ1) is 10.0. The Bertz CT molecular complexity index is 664. The van der Waals surface area contributed by atoms with Gasteiger partial charge in [-0.25, -0.2) is 4.39 Å². The van der Waals surface area contributed by atoms with Crippen LogP contribution in [0.15, 0.2) is 29.0 Å². The van der Waals surface area contributed by atoms with Gasteiger partial charge in [-0.05, 0) is 34.5 Å². The number of nitrogens with two attached hydrogens (primary N) is 1. The first-order valence-corrected chi connectivity index (χ1v) is 6.71. The molecule has 0 fully saturated rings. The molecule has 23 heavy (non-hydrogen) atoms. The molecule has 128 valence electrons. The van der Waals surface area contributed by atoms with Crippen LogP contribution in [0.2, 0.25) is 0 Å². The first kappa shape index (κ1) is 19.7. The number of alkyl halides is 6. The zero-order chi connectivity index (χ0) is 16.7. The molecule has 0 aliphatic rings. The molecule has 1 aromatic carbocycles. The number of hydrogen-bond acceptors (Lipinski definition) is 2. The van der Waals surface area contributed by atoms with Crippen molar-refractivity contribution in [3.8, 4) is 0 Å². The van der Waals surface area contributed by atoms with Gasteiger partial charge in [-0.3, -0.25) is 0 Å². The largest absolute Gasteiger partial charge is 0.416 e. The molecule has 2 N–H and O–H groups in total. The summed E-state index contributed by atoms with van der Waals surface area (Å²) < 4.78 is 90.7. The summed E-state index contributed by atoms with van der Waals surface area (Å²) in [4.78, 5) is 0. The minimum absolute atomic E-state index is 0. The lowest BCUT2D eigenvalue weighted by atomic mass is 9.94. The Morgan fingerprint density at radius 2 is 1.61 bits per heavy atom. The molecule has 2 rings (SSSR count). The van der Waals surface area contributed by atoms with Gasteiger partial charge in [0.2, 0.25) is 0 Å². The minimum Gasteiger partial charge on any atom is -0.320 e. The van der Waals surface area contributed by atoms with Crippen LogP contribution in [-0.4, -0.2) is 0 Å². The fourth-order valence-corrected chi connectivity index (χ4v) is 2.65. The lowest BCUT2D eigenvalue weighted by molar-refractivity contribution is -0.143. The molecule has 1 nitrogen and oxygen atoms in total. The van der Waals surface area contributed by atoms with E-state index in [1.54, 1.807) is 0 Å². The molecule has 0 saturated heterocycles. The minimum atomic E-state index is -5.16. The second-order valence-electron chi connectivity index (χ2n) is 4.45. The molecule has 0 radical (unpaired) electrons. The van der Waals surface area contributed by atoms with Gasteiger partial charge in [0.25, 0.3) is 0 Å². The van der Waals surface area contributed by atoms with Gasteiger partial charge in [0, 0.05) is 5.56 Å². The van der Waals surface area contributed by atoms with Crippen LogP contribution in [0.25, 0.3) is 0 Å². The van der Waals surface area contributed by atoms with Crippen molar-refractivity contribution >= 4 is 23.7 Å². The fourth-order valence-electron chi connectivity index (χ4n) is 1.95. The summed E-state index contributed by atoms with van der Waals surface area (Å²) in [6, 6.07) is -0.223. The highest BCUT2D eigenvalue weighted by Gasteiger charge is 2.41. The predicted octanol–water partition coefficient (Wildman–Crippen LogP) is 5.39. The lowest BCUT2D eigenvalue weighted by Crippen LogP contribution is -2.21. The Balaban J connectivity index is 0.00000264. The number of halogens is 8. The Hall–Kier alpha value is -1.32. The summed E-state index contributed by atoms with van der Waals surface area (Å²) in [7, 11) is 0. The van der Waals surface area contributed by atoms with Crippen molar-refractivity contribution in [1.29, 1.82) is 0 Å². The summed E-state index contributed by atoms with van der Waals surface area (Å²) >= 11 is 1.13. The van der Waals surface area contributed by atoms with E-state index in [9.17, 15) is 30.7 Å². The maximum absolute atomic E-state index is 13.9. The van der Waals surface area contributed by atoms with E-state index in [1.807, 2.05) is 0 Å². The van der Waals surface area contributed by atoms with E-state index in [-0.39, 0.29) is 30.1 Å². The molecule has 0 amide bonds. The molecule has 0 aliphatic heterocycles. The Morgan fingerprint density at radius 1 is 1.00 bits per heavy atom. The van der Waals surface area contributed by atoms with Crippen LogP contribution in [0.1, 0.15) is 28.3 Å². The van der Waals surface area contributed by atoms with Crippen LogP contribution in [0.4, 0.5) is 30.7 Å². The van der Waals surface area contributed by atoms with Crippen LogP contribution in [0, 0.1) is 5.82 Å². The average molecular weight is 380 g/mol. The molecule has 0 bridgehead atoms. The molecule has 0 unspecified atom stereocenters. The van der Waals surface area contributed by atoms with Gasteiger partial charge in [-0.15, -0.1) is 12.4 Å². The quantitative estimate of drug-likeness (QED) is 0.695. The average Bonchev–Trinajstić information content (AvgIpc) is 2.88. The van der Waals surface area contributed by atoms with Crippen LogP contribution in [0.5, 0.6) is 0 Å². The topological polar surface area (TPSA) is 26.0 Å². The van der Waals surface area contributed by atoms with E-state index in [2.05, 4.69) is 0 Å². The van der Waals surface area contributed by atoms with Crippen molar-refractivity contribution in [3.05, 3.63) is 57.0 Å². The number of rotatable bonds is 2. The maximum Gasteiger partial charge on any atom is 0.416 e. The van der Waals surface area contributed by atoms with E-state index in [4.69, 9.17) is 5.73 Å². The number of hydrogen-bond donors (Lipinski definition) is 1. The van der Waals surface area contributed by atoms with Crippen molar-refractivity contribution in [3.63, 3.8) is 0 Å². The third kappa shape index (κ3) is 4.15. The molecule has 1 heterocycles. The lowest BCUT2D eigenvalue weighted by Gasteiger charge is -2.20. The predicted molar refractivity (Wildman–Crippen MR) is 74.0 cm³/mol. The van der Waals surface area contributed by atoms with Crippen molar-refractivity contribution in [2.75, 3.05) is 0 Å². The monoisotopic (exact) mass is 379 g/mol. The normalized spacial score (nSPS) is 13.6. The highest BCUT2D eigenvalue weighted by molar-refractivity contribution is 7.08. The molecule has 2 aromatic rings. The maximum atomic E-state index is 13.9. The van der Waals surface area contributed by atoms with Gasteiger partial charge >= 0.3 is 12.4 Å². The van der Waals surface area contributed by atoms with Crippen LogP contribution >= 0.6 is 23.7 Å². The fraction of sp³-hybridized carbons (Fsp3) is 0.231. The summed E-state index contributed by atoms with van der Waals surface area (Å²) in [5.41, 5.74) is 1.36. The third-order valence-electron chi connectivity index (χ3n) is 2.98.